The Kier molecular flexibility index (Phi) is 6.29. The zero-order chi connectivity index (χ0) is 17.8. The summed E-state index contributed by atoms with van der Waals surface area (Å²) < 4.78 is 1.98. The van der Waals surface area contributed by atoms with Gasteiger partial charge in [-0.1, -0.05) is 32.6 Å². The number of unbranched alkanes of at least 4 members (excludes halogenated alkanes) is 4. The van der Waals surface area contributed by atoms with Crippen molar-refractivity contribution in [3.63, 3.8) is 0 Å². The number of likely N-dealkylation sites (tertiary alicyclic amines) is 1. The number of aryl methyl sites for hydroxylation is 2. The fourth-order valence-corrected chi connectivity index (χ4v) is 4.77. The lowest BCUT2D eigenvalue weighted by atomic mass is 10.1. The first-order chi connectivity index (χ1) is 12.1. The number of hydrogen-bond donors (Lipinski definition) is 0. The predicted molar refractivity (Wildman–Crippen MR) is 107 cm³/mol. The molecule has 0 atom stereocenters. The lowest BCUT2D eigenvalue weighted by molar-refractivity contribution is 0.313. The van der Waals surface area contributed by atoms with Crippen LogP contribution in [0.3, 0.4) is 0 Å². The van der Waals surface area contributed by atoms with Gasteiger partial charge in [-0.2, -0.15) is 0 Å². The molecule has 5 heteroatoms. The van der Waals surface area contributed by atoms with E-state index in [1.165, 1.54) is 43.4 Å². The van der Waals surface area contributed by atoms with Crippen LogP contribution in [-0.4, -0.2) is 27.5 Å². The van der Waals surface area contributed by atoms with Crippen LogP contribution in [0.1, 0.15) is 68.1 Å². The topological polar surface area (TPSA) is 38.1 Å². The molecule has 4 nitrogen and oxygen atoms in total. The Bertz CT molecular complexity index is 771. The smallest absolute Gasteiger partial charge is 0.262 e. The van der Waals surface area contributed by atoms with Crippen LogP contribution in [-0.2, 0) is 13.1 Å². The molecule has 2 aromatic heterocycles. The molecule has 0 unspecified atom stereocenters. The van der Waals surface area contributed by atoms with Gasteiger partial charge < -0.3 is 0 Å². The fourth-order valence-electron chi connectivity index (χ4n) is 3.73. The van der Waals surface area contributed by atoms with Gasteiger partial charge in [0.15, 0.2) is 0 Å². The van der Waals surface area contributed by atoms with Crippen LogP contribution in [0.2, 0.25) is 0 Å². The molecule has 3 rings (SSSR count). The number of thiophene rings is 1. The van der Waals surface area contributed by atoms with E-state index >= 15 is 0 Å². The summed E-state index contributed by atoms with van der Waals surface area (Å²) in [7, 11) is 0. The van der Waals surface area contributed by atoms with E-state index in [2.05, 4.69) is 25.7 Å². The Hall–Kier alpha value is -1.20. The van der Waals surface area contributed by atoms with E-state index < -0.39 is 0 Å². The molecular weight excluding hydrogens is 330 g/mol. The third-order valence-electron chi connectivity index (χ3n) is 5.42. The van der Waals surface area contributed by atoms with Crippen molar-refractivity contribution >= 4 is 21.6 Å². The van der Waals surface area contributed by atoms with Crippen LogP contribution in [0, 0.1) is 13.8 Å². The van der Waals surface area contributed by atoms with Crippen LogP contribution in [0.25, 0.3) is 10.2 Å². The summed E-state index contributed by atoms with van der Waals surface area (Å²) in [4.78, 5) is 22.7. The average molecular weight is 362 g/mol. The summed E-state index contributed by atoms with van der Waals surface area (Å²) >= 11 is 1.67. The lowest BCUT2D eigenvalue weighted by Crippen LogP contribution is -2.30. The molecule has 1 aliphatic rings. The summed E-state index contributed by atoms with van der Waals surface area (Å²) in [5.74, 6) is 0.969. The molecule has 1 aliphatic heterocycles. The molecule has 0 aromatic carbocycles. The number of aromatic nitrogens is 2. The average Bonchev–Trinajstić information content (AvgIpc) is 3.18. The van der Waals surface area contributed by atoms with Gasteiger partial charge in [0.2, 0.25) is 0 Å². The third-order valence-corrected chi connectivity index (χ3v) is 6.52. The molecule has 0 amide bonds. The van der Waals surface area contributed by atoms with E-state index in [-0.39, 0.29) is 5.56 Å². The Labute approximate surface area is 154 Å². The molecule has 1 saturated heterocycles. The van der Waals surface area contributed by atoms with Crippen molar-refractivity contribution in [2.45, 2.75) is 78.8 Å². The minimum atomic E-state index is 0.177. The second kappa shape index (κ2) is 8.45. The van der Waals surface area contributed by atoms with Crippen LogP contribution in [0.4, 0.5) is 0 Å². The highest BCUT2D eigenvalue weighted by atomic mass is 32.1. The van der Waals surface area contributed by atoms with Crippen molar-refractivity contribution in [2.75, 3.05) is 13.1 Å². The van der Waals surface area contributed by atoms with Crippen molar-refractivity contribution in [1.29, 1.82) is 0 Å². The summed E-state index contributed by atoms with van der Waals surface area (Å²) in [6.07, 6.45) is 8.60. The van der Waals surface area contributed by atoms with E-state index in [0.29, 0.717) is 0 Å². The van der Waals surface area contributed by atoms with Crippen LogP contribution in [0.5, 0.6) is 0 Å². The Balaban J connectivity index is 1.90. The standard InChI is InChI=1S/C20H31N3OS/c1-4-5-6-7-8-13-23-17(14-22-11-9-10-12-22)21-19-18(20(23)24)15(2)16(3)25-19/h4-14H2,1-3H3. The minimum absolute atomic E-state index is 0.177. The highest BCUT2D eigenvalue weighted by Gasteiger charge is 2.19. The van der Waals surface area contributed by atoms with Crippen LogP contribution < -0.4 is 5.56 Å². The van der Waals surface area contributed by atoms with Crippen molar-refractivity contribution in [2.24, 2.45) is 0 Å². The van der Waals surface area contributed by atoms with Gasteiger partial charge in [-0.25, -0.2) is 4.98 Å². The Morgan fingerprint density at radius 1 is 1.08 bits per heavy atom. The van der Waals surface area contributed by atoms with Crippen LogP contribution >= 0.6 is 11.3 Å². The van der Waals surface area contributed by atoms with Gasteiger partial charge in [0.05, 0.1) is 11.9 Å². The zero-order valence-corrected chi connectivity index (χ0v) is 16.8. The molecule has 0 radical (unpaired) electrons. The highest BCUT2D eigenvalue weighted by molar-refractivity contribution is 7.18. The van der Waals surface area contributed by atoms with Crippen molar-refractivity contribution < 1.29 is 0 Å². The molecule has 0 spiro atoms. The van der Waals surface area contributed by atoms with Gasteiger partial charge in [0, 0.05) is 11.4 Å². The normalized spacial score (nSPS) is 15.5. The maximum absolute atomic E-state index is 13.2. The predicted octanol–water partition coefficient (Wildman–Crippen LogP) is 4.64. The number of rotatable bonds is 8. The number of nitrogens with zero attached hydrogens (tertiary/aromatic N) is 3. The number of fused-ring (bicyclic) bond motifs is 1. The first-order valence-corrected chi connectivity index (χ1v) is 10.6. The minimum Gasteiger partial charge on any atom is -0.296 e. The Morgan fingerprint density at radius 3 is 2.52 bits per heavy atom. The Morgan fingerprint density at radius 2 is 1.80 bits per heavy atom. The molecular formula is C20H31N3OS. The third kappa shape index (κ3) is 4.14. The van der Waals surface area contributed by atoms with Crippen LogP contribution in [0.15, 0.2) is 4.79 Å². The molecule has 0 aliphatic carbocycles. The van der Waals surface area contributed by atoms with E-state index in [1.54, 1.807) is 11.3 Å². The van der Waals surface area contributed by atoms with Crippen molar-refractivity contribution in [3.8, 4) is 0 Å². The largest absolute Gasteiger partial charge is 0.296 e. The van der Waals surface area contributed by atoms with Gasteiger partial charge in [-0.15, -0.1) is 11.3 Å². The van der Waals surface area contributed by atoms with Gasteiger partial charge in [0.1, 0.15) is 10.7 Å². The van der Waals surface area contributed by atoms with Gasteiger partial charge in [-0.05, 0) is 51.8 Å². The van der Waals surface area contributed by atoms with E-state index in [4.69, 9.17) is 4.98 Å². The molecule has 2 aromatic rings. The van der Waals surface area contributed by atoms with E-state index in [1.807, 2.05) is 4.57 Å². The summed E-state index contributed by atoms with van der Waals surface area (Å²) in [6, 6.07) is 0. The molecule has 0 saturated carbocycles. The highest BCUT2D eigenvalue weighted by Crippen LogP contribution is 2.27. The second-order valence-corrected chi connectivity index (χ2v) is 8.55. The van der Waals surface area contributed by atoms with Gasteiger partial charge in [-0.3, -0.25) is 14.3 Å². The first kappa shape index (κ1) is 18.6. The second-order valence-electron chi connectivity index (χ2n) is 7.35. The summed E-state index contributed by atoms with van der Waals surface area (Å²) in [5, 5.41) is 0.848. The molecule has 0 bridgehead atoms. The van der Waals surface area contributed by atoms with Crippen molar-refractivity contribution in [1.82, 2.24) is 14.5 Å². The number of hydrogen-bond acceptors (Lipinski definition) is 4. The maximum atomic E-state index is 13.2. The lowest BCUT2D eigenvalue weighted by Gasteiger charge is -2.18. The zero-order valence-electron chi connectivity index (χ0n) is 15.9. The SMILES string of the molecule is CCCCCCCn1c(CN2CCCC2)nc2sc(C)c(C)c2c1=O. The van der Waals surface area contributed by atoms with Gasteiger partial charge in [0.25, 0.3) is 5.56 Å². The quantitative estimate of drug-likeness (QED) is 0.643. The molecule has 25 heavy (non-hydrogen) atoms. The first-order valence-electron chi connectivity index (χ1n) is 9.83. The van der Waals surface area contributed by atoms with E-state index in [0.717, 1.165) is 54.2 Å². The molecule has 138 valence electrons. The van der Waals surface area contributed by atoms with Gasteiger partial charge >= 0.3 is 0 Å². The summed E-state index contributed by atoms with van der Waals surface area (Å²) in [5.41, 5.74) is 1.29. The molecule has 0 N–H and O–H groups in total. The molecule has 3 heterocycles. The summed E-state index contributed by atoms with van der Waals surface area (Å²) in [6.45, 7) is 10.3. The van der Waals surface area contributed by atoms with E-state index in [9.17, 15) is 4.79 Å². The molecule has 1 fully saturated rings. The monoisotopic (exact) mass is 361 g/mol. The van der Waals surface area contributed by atoms with Crippen molar-refractivity contribution in [3.05, 3.63) is 26.6 Å². The maximum Gasteiger partial charge on any atom is 0.262 e. The fraction of sp³-hybridized carbons (Fsp3) is 0.700.